The van der Waals surface area contributed by atoms with Crippen LogP contribution in [0.1, 0.15) is 72.1 Å². The molecular formula is C32H50O13. The standard InChI is InChI=1S/C32H50O13/c1-15-11-31-9-5-18-29(2,7-4-8-30(18,3)28(41)44-26-24(39)22(37)20(35)16(12-33)42-26)19(31)6-10-32(15,14-31)45-27-25(40)23(38)21(36)17(13-34)43-27/h11,16-27,33-40H,4-10,12-14H2,1-3H3/t16-,17-,18?,19?,20-,21-,22+,23+,24-,25-,26+,27+,29+,30-,31?,32+/m1/s1. The lowest BCUT2D eigenvalue weighted by atomic mass is 9.40. The first-order valence-electron chi connectivity index (χ1n) is 16.4. The summed E-state index contributed by atoms with van der Waals surface area (Å²) in [6.07, 6.45) is -6.13. The van der Waals surface area contributed by atoms with Crippen molar-refractivity contribution in [2.75, 3.05) is 13.2 Å². The van der Waals surface area contributed by atoms with Gasteiger partial charge in [-0.3, -0.25) is 4.79 Å². The van der Waals surface area contributed by atoms with E-state index in [9.17, 15) is 45.6 Å². The highest BCUT2D eigenvalue weighted by Crippen LogP contribution is 2.72. The van der Waals surface area contributed by atoms with E-state index in [4.69, 9.17) is 18.9 Å². The average molecular weight is 643 g/mol. The molecule has 2 aliphatic heterocycles. The quantitative estimate of drug-likeness (QED) is 0.102. The summed E-state index contributed by atoms with van der Waals surface area (Å²) in [5.41, 5.74) is -1.08. The molecule has 1 spiro atoms. The van der Waals surface area contributed by atoms with E-state index < -0.39 is 91.6 Å². The summed E-state index contributed by atoms with van der Waals surface area (Å²) in [6, 6.07) is 0. The lowest BCUT2D eigenvalue weighted by molar-refractivity contribution is -0.328. The van der Waals surface area contributed by atoms with E-state index in [0.29, 0.717) is 19.3 Å². The van der Waals surface area contributed by atoms with Crippen LogP contribution in [0, 0.1) is 28.1 Å². The zero-order valence-corrected chi connectivity index (χ0v) is 26.2. The second kappa shape index (κ2) is 11.7. The fourth-order valence-corrected chi connectivity index (χ4v) is 10.4. The van der Waals surface area contributed by atoms with Crippen molar-refractivity contribution in [2.24, 2.45) is 28.1 Å². The normalized spacial score (nSPS) is 54.5. The average Bonchev–Trinajstić information content (AvgIpc) is 3.20. The van der Waals surface area contributed by atoms with Crippen molar-refractivity contribution in [1.82, 2.24) is 0 Å². The maximum absolute atomic E-state index is 13.9. The Morgan fingerprint density at radius 1 is 0.800 bits per heavy atom. The molecule has 6 aliphatic rings. The van der Waals surface area contributed by atoms with E-state index in [0.717, 1.165) is 37.7 Å². The van der Waals surface area contributed by atoms with Crippen molar-refractivity contribution in [3.63, 3.8) is 0 Å². The minimum absolute atomic E-state index is 0.0417. The van der Waals surface area contributed by atoms with Gasteiger partial charge in [0.15, 0.2) is 6.29 Å². The Morgan fingerprint density at radius 3 is 2.00 bits per heavy atom. The smallest absolute Gasteiger partial charge is 0.314 e. The van der Waals surface area contributed by atoms with Crippen LogP contribution < -0.4 is 0 Å². The first-order chi connectivity index (χ1) is 21.2. The molecule has 0 radical (unpaired) electrons. The number of esters is 1. The van der Waals surface area contributed by atoms with Crippen LogP contribution in [0.3, 0.4) is 0 Å². The van der Waals surface area contributed by atoms with Gasteiger partial charge >= 0.3 is 5.97 Å². The highest BCUT2D eigenvalue weighted by Gasteiger charge is 2.68. The van der Waals surface area contributed by atoms with E-state index in [1.165, 1.54) is 0 Å². The predicted molar refractivity (Wildman–Crippen MR) is 154 cm³/mol. The van der Waals surface area contributed by atoms with E-state index in [1.54, 1.807) is 0 Å². The lowest BCUT2D eigenvalue weighted by Crippen LogP contribution is -2.63. The first-order valence-corrected chi connectivity index (χ1v) is 16.4. The molecule has 2 bridgehead atoms. The van der Waals surface area contributed by atoms with Gasteiger partial charge in [0.2, 0.25) is 6.29 Å². The van der Waals surface area contributed by atoms with Crippen molar-refractivity contribution in [2.45, 2.75) is 139 Å². The Morgan fingerprint density at radius 2 is 1.38 bits per heavy atom. The van der Waals surface area contributed by atoms with Crippen LogP contribution in [0.25, 0.3) is 0 Å². The summed E-state index contributed by atoms with van der Waals surface area (Å²) in [7, 11) is 0. The summed E-state index contributed by atoms with van der Waals surface area (Å²) in [5.74, 6) is -0.361. The summed E-state index contributed by atoms with van der Waals surface area (Å²) < 4.78 is 23.5. The second-order valence-corrected chi connectivity index (χ2v) is 15.1. The maximum atomic E-state index is 13.9. The number of hydrogen-bond acceptors (Lipinski definition) is 13. The summed E-state index contributed by atoms with van der Waals surface area (Å²) in [5, 5.41) is 81.5. The molecule has 0 aromatic carbocycles. The number of hydrogen-bond donors (Lipinski definition) is 8. The molecule has 3 unspecified atom stereocenters. The van der Waals surface area contributed by atoms with Crippen LogP contribution in [0.2, 0.25) is 0 Å². The largest absolute Gasteiger partial charge is 0.432 e. The third-order valence-electron chi connectivity index (χ3n) is 12.8. The van der Waals surface area contributed by atoms with Gasteiger partial charge in [0.1, 0.15) is 48.8 Å². The Balaban J connectivity index is 1.21. The molecule has 8 N–H and O–H groups in total. The molecule has 2 heterocycles. The minimum Gasteiger partial charge on any atom is -0.432 e. The third-order valence-corrected chi connectivity index (χ3v) is 12.8. The highest BCUT2D eigenvalue weighted by atomic mass is 16.7. The van der Waals surface area contributed by atoms with Gasteiger partial charge in [0, 0.05) is 0 Å². The molecule has 4 aliphatic carbocycles. The van der Waals surface area contributed by atoms with Gasteiger partial charge < -0.3 is 59.8 Å². The Labute approximate surface area is 262 Å². The van der Waals surface area contributed by atoms with Crippen molar-refractivity contribution >= 4 is 5.97 Å². The number of rotatable bonds is 6. The Kier molecular flexibility index (Phi) is 8.77. The molecule has 13 nitrogen and oxygen atoms in total. The molecule has 0 aromatic heterocycles. The Hall–Kier alpha value is -1.23. The molecule has 45 heavy (non-hydrogen) atoms. The lowest BCUT2D eigenvalue weighted by Gasteiger charge is -2.64. The van der Waals surface area contributed by atoms with Gasteiger partial charge in [0.05, 0.1) is 24.2 Å². The molecule has 256 valence electrons. The van der Waals surface area contributed by atoms with Gasteiger partial charge in [-0.25, -0.2) is 0 Å². The van der Waals surface area contributed by atoms with Crippen LogP contribution in [0.4, 0.5) is 0 Å². The molecule has 0 amide bonds. The summed E-state index contributed by atoms with van der Waals surface area (Å²) >= 11 is 0. The van der Waals surface area contributed by atoms with E-state index in [2.05, 4.69) is 13.0 Å². The van der Waals surface area contributed by atoms with Crippen molar-refractivity contribution in [3.05, 3.63) is 11.6 Å². The monoisotopic (exact) mass is 642 g/mol. The van der Waals surface area contributed by atoms with Gasteiger partial charge in [-0.1, -0.05) is 19.4 Å². The fourth-order valence-electron chi connectivity index (χ4n) is 10.4. The van der Waals surface area contributed by atoms with Crippen LogP contribution in [-0.4, -0.2) is 127 Å². The number of allylic oxidation sites excluding steroid dienone is 1. The van der Waals surface area contributed by atoms with E-state index in [1.807, 2.05) is 13.8 Å². The second-order valence-electron chi connectivity index (χ2n) is 15.1. The highest BCUT2D eigenvalue weighted by molar-refractivity contribution is 5.77. The predicted octanol–water partition coefficient (Wildman–Crippen LogP) is -0.762. The number of carbonyl (C=O) groups is 1. The van der Waals surface area contributed by atoms with Crippen LogP contribution in [0.15, 0.2) is 11.6 Å². The zero-order chi connectivity index (χ0) is 32.7. The third kappa shape index (κ3) is 5.04. The van der Waals surface area contributed by atoms with E-state index in [-0.39, 0.29) is 22.7 Å². The van der Waals surface area contributed by atoms with Crippen LogP contribution in [0.5, 0.6) is 0 Å². The van der Waals surface area contributed by atoms with Crippen LogP contribution in [-0.2, 0) is 23.7 Å². The summed E-state index contributed by atoms with van der Waals surface area (Å²) in [6.45, 7) is 5.03. The van der Waals surface area contributed by atoms with Crippen molar-refractivity contribution < 1.29 is 64.6 Å². The van der Waals surface area contributed by atoms with Gasteiger partial charge in [0.25, 0.3) is 0 Å². The number of aliphatic hydroxyl groups is 8. The molecular weight excluding hydrogens is 592 g/mol. The maximum Gasteiger partial charge on any atom is 0.314 e. The van der Waals surface area contributed by atoms with Gasteiger partial charge in [-0.2, -0.15) is 0 Å². The fraction of sp³-hybridized carbons (Fsp3) is 0.906. The minimum atomic E-state index is -1.67. The molecule has 16 atom stereocenters. The van der Waals surface area contributed by atoms with Gasteiger partial charge in [-0.15, -0.1) is 0 Å². The number of fused-ring (bicyclic) bond motifs is 3. The molecule has 2 saturated heterocycles. The molecule has 6 rings (SSSR count). The molecule has 3 saturated carbocycles. The molecule has 0 aromatic rings. The van der Waals surface area contributed by atoms with Gasteiger partial charge in [-0.05, 0) is 87.0 Å². The SMILES string of the molecule is CC1=CC23CCC4[C@](C)(CCC[C@@]4(C)C(=O)O[C@@H]4O[C@H](CO)[C@@H](O)[C@H](O)[C@H]4O)C2CC[C@]1(O[C@@H]1O[C@H](CO)[C@@H](O)[C@H](O)[C@H]1O)C3. The number of aliphatic hydroxyl groups excluding tert-OH is 8. The molecule has 5 fully saturated rings. The topological polar surface area (TPSA) is 216 Å². The first kappa shape index (κ1) is 33.7. The number of ether oxygens (including phenoxy) is 4. The van der Waals surface area contributed by atoms with Crippen molar-refractivity contribution in [1.29, 1.82) is 0 Å². The Bertz CT molecular complexity index is 1160. The summed E-state index contributed by atoms with van der Waals surface area (Å²) in [4.78, 5) is 13.9. The van der Waals surface area contributed by atoms with Crippen LogP contribution >= 0.6 is 0 Å². The van der Waals surface area contributed by atoms with Crippen molar-refractivity contribution in [3.8, 4) is 0 Å². The van der Waals surface area contributed by atoms with E-state index >= 15 is 0 Å². The zero-order valence-electron chi connectivity index (χ0n) is 26.2. The molecule has 13 heteroatoms. The number of carbonyl (C=O) groups excluding carboxylic acids is 1.